The Balaban J connectivity index is 2.34. The molecule has 0 saturated carbocycles. The lowest BCUT2D eigenvalue weighted by Crippen LogP contribution is -2.25. The number of hydrogen-bond acceptors (Lipinski definition) is 5. The number of ether oxygens (including phenoxy) is 1. The zero-order chi connectivity index (χ0) is 11.5. The molecule has 0 unspecified atom stereocenters. The van der Waals surface area contributed by atoms with Crippen LogP contribution in [0, 0.1) is 0 Å². The van der Waals surface area contributed by atoms with E-state index in [2.05, 4.69) is 4.98 Å². The second-order valence-corrected chi connectivity index (χ2v) is 4.02. The lowest BCUT2D eigenvalue weighted by molar-refractivity contribution is -0.143. The summed E-state index contributed by atoms with van der Waals surface area (Å²) in [5.74, 6) is -0.430. The van der Waals surface area contributed by atoms with Gasteiger partial charge in [0.25, 0.3) is 5.56 Å². The fourth-order valence-electron chi connectivity index (χ4n) is 1.35. The molecule has 0 radical (unpaired) electrons. The zero-order valence-electron chi connectivity index (χ0n) is 8.67. The largest absolute Gasteiger partial charge is 0.465 e. The number of nitrogens with zero attached hydrogens (tertiary/aromatic N) is 2. The number of carbonyl (C=O) groups is 1. The molecule has 2 aromatic heterocycles. The van der Waals surface area contributed by atoms with Crippen LogP contribution in [0.25, 0.3) is 10.2 Å². The van der Waals surface area contributed by atoms with Gasteiger partial charge in [0.05, 0.1) is 18.3 Å². The summed E-state index contributed by atoms with van der Waals surface area (Å²) in [5, 5.41) is 2.34. The van der Waals surface area contributed by atoms with Gasteiger partial charge in [-0.15, -0.1) is 11.3 Å². The van der Waals surface area contributed by atoms with Crippen LogP contribution < -0.4 is 5.56 Å². The fraction of sp³-hybridized carbons (Fsp3) is 0.300. The van der Waals surface area contributed by atoms with E-state index < -0.39 is 5.97 Å². The molecule has 0 aliphatic carbocycles. The summed E-state index contributed by atoms with van der Waals surface area (Å²) in [4.78, 5) is 27.9. The molecule has 84 valence electrons. The first-order valence-corrected chi connectivity index (χ1v) is 5.68. The third-order valence-corrected chi connectivity index (χ3v) is 2.88. The van der Waals surface area contributed by atoms with E-state index in [-0.39, 0.29) is 12.1 Å². The Kier molecular flexibility index (Phi) is 3.00. The van der Waals surface area contributed by atoms with Gasteiger partial charge < -0.3 is 4.74 Å². The molecule has 0 N–H and O–H groups in total. The first-order valence-electron chi connectivity index (χ1n) is 4.80. The smallest absolute Gasteiger partial charge is 0.326 e. The molecule has 2 aromatic rings. The van der Waals surface area contributed by atoms with Crippen LogP contribution in [0.15, 0.2) is 22.6 Å². The molecule has 2 rings (SSSR count). The van der Waals surface area contributed by atoms with Crippen molar-refractivity contribution in [1.82, 2.24) is 9.55 Å². The highest BCUT2D eigenvalue weighted by Gasteiger charge is 2.08. The number of aromatic nitrogens is 2. The minimum atomic E-state index is -0.430. The zero-order valence-corrected chi connectivity index (χ0v) is 9.49. The van der Waals surface area contributed by atoms with Crippen molar-refractivity contribution >= 4 is 27.5 Å². The Morgan fingerprint density at radius 3 is 3.19 bits per heavy atom. The van der Waals surface area contributed by atoms with E-state index in [4.69, 9.17) is 4.74 Å². The molecule has 0 saturated heterocycles. The summed E-state index contributed by atoms with van der Waals surface area (Å²) < 4.78 is 6.03. The van der Waals surface area contributed by atoms with E-state index in [0.717, 1.165) is 0 Å². The molecule has 2 heterocycles. The maximum Gasteiger partial charge on any atom is 0.326 e. The monoisotopic (exact) mass is 238 g/mol. The molecule has 0 amide bonds. The number of rotatable bonds is 3. The number of hydrogen-bond donors (Lipinski definition) is 0. The van der Waals surface area contributed by atoms with Crippen molar-refractivity contribution in [2.75, 3.05) is 6.61 Å². The van der Waals surface area contributed by atoms with Gasteiger partial charge in [-0.1, -0.05) is 0 Å². The van der Waals surface area contributed by atoms with Gasteiger partial charge in [-0.25, -0.2) is 4.98 Å². The molecule has 0 aliphatic heterocycles. The average molecular weight is 238 g/mol. The predicted molar refractivity (Wildman–Crippen MR) is 60.5 cm³/mol. The van der Waals surface area contributed by atoms with E-state index in [1.54, 1.807) is 18.4 Å². The maximum atomic E-state index is 11.9. The van der Waals surface area contributed by atoms with Crippen molar-refractivity contribution < 1.29 is 9.53 Å². The summed E-state index contributed by atoms with van der Waals surface area (Å²) in [6.45, 7) is 1.94. The normalized spacial score (nSPS) is 10.6. The van der Waals surface area contributed by atoms with Crippen LogP contribution in [-0.4, -0.2) is 22.1 Å². The number of thiophene rings is 1. The van der Waals surface area contributed by atoms with Gasteiger partial charge in [0.15, 0.2) is 0 Å². The van der Waals surface area contributed by atoms with Crippen LogP contribution in [0.1, 0.15) is 6.92 Å². The second-order valence-electron chi connectivity index (χ2n) is 3.12. The molecule has 6 heteroatoms. The minimum absolute atomic E-state index is 0.0918. The van der Waals surface area contributed by atoms with Gasteiger partial charge in [0, 0.05) is 0 Å². The lowest BCUT2D eigenvalue weighted by Gasteiger charge is -2.04. The van der Waals surface area contributed by atoms with Gasteiger partial charge in [-0.05, 0) is 18.4 Å². The van der Waals surface area contributed by atoms with E-state index in [1.807, 2.05) is 0 Å². The molecular weight excluding hydrogens is 228 g/mol. The summed E-state index contributed by atoms with van der Waals surface area (Å²) in [5.41, 5.74) is -0.209. The maximum absolute atomic E-state index is 11.9. The SMILES string of the molecule is CCOC(=O)Cn1cnc2sccc2c1=O. The van der Waals surface area contributed by atoms with E-state index in [9.17, 15) is 9.59 Å². The van der Waals surface area contributed by atoms with Crippen molar-refractivity contribution in [3.05, 3.63) is 28.1 Å². The van der Waals surface area contributed by atoms with Gasteiger partial charge in [-0.2, -0.15) is 0 Å². The van der Waals surface area contributed by atoms with Crippen LogP contribution in [-0.2, 0) is 16.1 Å². The molecule has 0 aliphatic rings. The molecular formula is C10H10N2O3S. The lowest BCUT2D eigenvalue weighted by atomic mass is 10.4. The summed E-state index contributed by atoms with van der Waals surface area (Å²) in [7, 11) is 0. The van der Waals surface area contributed by atoms with Crippen molar-refractivity contribution in [2.45, 2.75) is 13.5 Å². The Bertz CT molecular complexity index is 573. The molecule has 0 bridgehead atoms. The quantitative estimate of drug-likeness (QED) is 0.749. The van der Waals surface area contributed by atoms with Gasteiger partial charge in [0.1, 0.15) is 11.4 Å². The molecule has 0 aromatic carbocycles. The molecule has 16 heavy (non-hydrogen) atoms. The van der Waals surface area contributed by atoms with E-state index >= 15 is 0 Å². The second kappa shape index (κ2) is 4.44. The van der Waals surface area contributed by atoms with Crippen LogP contribution in [0.5, 0.6) is 0 Å². The highest BCUT2D eigenvalue weighted by molar-refractivity contribution is 7.16. The summed E-state index contributed by atoms with van der Waals surface area (Å²) in [6.07, 6.45) is 1.37. The summed E-state index contributed by atoms with van der Waals surface area (Å²) >= 11 is 1.40. The third-order valence-electron chi connectivity index (χ3n) is 2.06. The first kappa shape index (κ1) is 10.8. The number of fused-ring (bicyclic) bond motifs is 1. The highest BCUT2D eigenvalue weighted by Crippen LogP contribution is 2.13. The topological polar surface area (TPSA) is 61.2 Å². The Labute approximate surface area is 95.3 Å². The van der Waals surface area contributed by atoms with E-state index in [1.165, 1.54) is 22.2 Å². The minimum Gasteiger partial charge on any atom is -0.465 e. The Hall–Kier alpha value is -1.69. The van der Waals surface area contributed by atoms with Crippen LogP contribution in [0.4, 0.5) is 0 Å². The number of carbonyl (C=O) groups excluding carboxylic acids is 1. The van der Waals surface area contributed by atoms with Crippen molar-refractivity contribution in [1.29, 1.82) is 0 Å². The van der Waals surface area contributed by atoms with Crippen molar-refractivity contribution in [3.8, 4) is 0 Å². The Morgan fingerprint density at radius 2 is 2.44 bits per heavy atom. The van der Waals surface area contributed by atoms with Crippen molar-refractivity contribution in [3.63, 3.8) is 0 Å². The molecule has 0 spiro atoms. The average Bonchev–Trinajstić information content (AvgIpc) is 2.71. The van der Waals surface area contributed by atoms with Crippen LogP contribution in [0.3, 0.4) is 0 Å². The van der Waals surface area contributed by atoms with Gasteiger partial charge >= 0.3 is 5.97 Å². The van der Waals surface area contributed by atoms with Gasteiger partial charge in [0.2, 0.25) is 0 Å². The molecule has 0 atom stereocenters. The van der Waals surface area contributed by atoms with Crippen molar-refractivity contribution in [2.24, 2.45) is 0 Å². The number of esters is 1. The Morgan fingerprint density at radius 1 is 1.62 bits per heavy atom. The molecule has 5 nitrogen and oxygen atoms in total. The van der Waals surface area contributed by atoms with Crippen LogP contribution in [0.2, 0.25) is 0 Å². The predicted octanol–water partition coefficient (Wildman–Crippen LogP) is 1.02. The van der Waals surface area contributed by atoms with Gasteiger partial charge in [-0.3, -0.25) is 14.2 Å². The van der Waals surface area contributed by atoms with E-state index in [0.29, 0.717) is 16.8 Å². The third kappa shape index (κ3) is 1.96. The highest BCUT2D eigenvalue weighted by atomic mass is 32.1. The summed E-state index contributed by atoms with van der Waals surface area (Å²) in [6, 6.07) is 1.71. The first-order chi connectivity index (χ1) is 7.72. The molecule has 0 fully saturated rings. The fourth-order valence-corrected chi connectivity index (χ4v) is 2.07. The van der Waals surface area contributed by atoms with Crippen LogP contribution >= 0.6 is 11.3 Å². The standard InChI is InChI=1S/C10H10N2O3S/c1-2-15-8(13)5-12-6-11-9-7(10(12)14)3-4-16-9/h3-4,6H,2,5H2,1H3.